The molecule has 2 amide bonds. The zero-order valence-electron chi connectivity index (χ0n) is 7.78. The summed E-state index contributed by atoms with van der Waals surface area (Å²) in [6.07, 6.45) is 0.189. The summed E-state index contributed by atoms with van der Waals surface area (Å²) in [4.78, 5) is 32.7. The van der Waals surface area contributed by atoms with E-state index < -0.39 is 6.04 Å². The fourth-order valence-electron chi connectivity index (χ4n) is 1.00. The minimum absolute atomic E-state index is 0.109. The van der Waals surface area contributed by atoms with Crippen LogP contribution in [0.5, 0.6) is 0 Å². The molecule has 0 spiro atoms. The van der Waals surface area contributed by atoms with Crippen LogP contribution in [0.1, 0.15) is 13.3 Å². The van der Waals surface area contributed by atoms with Crippen molar-refractivity contribution < 1.29 is 14.4 Å². The molecule has 0 radical (unpaired) electrons. The number of nitrogens with two attached hydrogens (primary N) is 1. The fraction of sp³-hybridized carbons (Fsp3) is 0.625. The maximum absolute atomic E-state index is 11.1. The monoisotopic (exact) mass is 216 g/mol. The number of imide groups is 1. The van der Waals surface area contributed by atoms with Crippen LogP contribution in [-0.2, 0) is 14.4 Å². The van der Waals surface area contributed by atoms with E-state index in [0.29, 0.717) is 5.75 Å². The molecule has 0 bridgehead atoms. The van der Waals surface area contributed by atoms with Crippen LogP contribution in [0.25, 0.3) is 0 Å². The van der Waals surface area contributed by atoms with Crippen LogP contribution in [0, 0.1) is 0 Å². The molecule has 6 heteroatoms. The quantitative estimate of drug-likeness (QED) is 0.591. The molecule has 1 rings (SSSR count). The van der Waals surface area contributed by atoms with Crippen molar-refractivity contribution in [1.29, 1.82) is 0 Å². The van der Waals surface area contributed by atoms with Gasteiger partial charge in [0.25, 0.3) is 0 Å². The first-order chi connectivity index (χ1) is 6.50. The minimum Gasteiger partial charge on any atom is -0.321 e. The van der Waals surface area contributed by atoms with Crippen LogP contribution in [0.4, 0.5) is 0 Å². The lowest BCUT2D eigenvalue weighted by Crippen LogP contribution is -2.32. The highest BCUT2D eigenvalue weighted by atomic mass is 32.2. The van der Waals surface area contributed by atoms with Gasteiger partial charge in [-0.15, -0.1) is 11.8 Å². The standard InChI is InChI=1S/C8H12N2O3S/c1-4(11)5(9)3-14-6-2-7(12)10-8(6)13/h5-6H,2-3,9H2,1H3,(H,10,12,13). The first-order valence-electron chi connectivity index (χ1n) is 4.22. The molecule has 14 heavy (non-hydrogen) atoms. The Labute approximate surface area is 85.8 Å². The first-order valence-corrected chi connectivity index (χ1v) is 5.27. The summed E-state index contributed by atoms with van der Waals surface area (Å²) in [6, 6.07) is -0.552. The number of carbonyl (C=O) groups is 3. The van der Waals surface area contributed by atoms with Gasteiger partial charge in [0.05, 0.1) is 11.3 Å². The van der Waals surface area contributed by atoms with Crippen LogP contribution in [0.15, 0.2) is 0 Å². The van der Waals surface area contributed by atoms with Gasteiger partial charge in [-0.2, -0.15) is 0 Å². The van der Waals surface area contributed by atoms with E-state index >= 15 is 0 Å². The van der Waals surface area contributed by atoms with Gasteiger partial charge in [0.1, 0.15) is 5.78 Å². The number of hydrogen-bond acceptors (Lipinski definition) is 5. The average molecular weight is 216 g/mol. The highest BCUT2D eigenvalue weighted by Crippen LogP contribution is 2.19. The summed E-state index contributed by atoms with van der Waals surface area (Å²) in [7, 11) is 0. The molecule has 1 saturated heterocycles. The van der Waals surface area contributed by atoms with Gasteiger partial charge < -0.3 is 5.73 Å². The van der Waals surface area contributed by atoms with Crippen molar-refractivity contribution in [3.05, 3.63) is 0 Å². The van der Waals surface area contributed by atoms with E-state index in [4.69, 9.17) is 5.73 Å². The number of Topliss-reactive ketones (excluding diaryl/α,β-unsaturated/α-hetero) is 1. The maximum Gasteiger partial charge on any atom is 0.240 e. The summed E-state index contributed by atoms with van der Waals surface area (Å²) in [5.74, 6) is -0.275. The Morgan fingerprint density at radius 2 is 2.36 bits per heavy atom. The van der Waals surface area contributed by atoms with E-state index in [2.05, 4.69) is 5.32 Å². The molecule has 1 heterocycles. The molecule has 2 atom stereocenters. The van der Waals surface area contributed by atoms with E-state index in [-0.39, 0.29) is 29.3 Å². The van der Waals surface area contributed by atoms with Crippen molar-refractivity contribution in [2.75, 3.05) is 5.75 Å². The summed E-state index contributed by atoms with van der Waals surface area (Å²) in [5.41, 5.74) is 5.49. The average Bonchev–Trinajstić information content (AvgIpc) is 2.40. The van der Waals surface area contributed by atoms with Gasteiger partial charge in [-0.3, -0.25) is 19.7 Å². The molecule has 0 aromatic rings. The van der Waals surface area contributed by atoms with Gasteiger partial charge in [-0.1, -0.05) is 0 Å². The topological polar surface area (TPSA) is 89.3 Å². The second-order valence-corrected chi connectivity index (χ2v) is 4.39. The van der Waals surface area contributed by atoms with Crippen molar-refractivity contribution in [1.82, 2.24) is 5.32 Å². The number of rotatable bonds is 4. The lowest BCUT2D eigenvalue weighted by atomic mass is 10.3. The van der Waals surface area contributed by atoms with Crippen molar-refractivity contribution in [2.45, 2.75) is 24.6 Å². The summed E-state index contributed by atoms with van der Waals surface area (Å²) < 4.78 is 0. The van der Waals surface area contributed by atoms with E-state index in [1.807, 2.05) is 0 Å². The molecule has 0 saturated carbocycles. The molecular formula is C8H12N2O3S. The van der Waals surface area contributed by atoms with Gasteiger partial charge in [-0.25, -0.2) is 0 Å². The number of carbonyl (C=O) groups excluding carboxylic acids is 3. The molecule has 1 aliphatic heterocycles. The Morgan fingerprint density at radius 3 is 2.79 bits per heavy atom. The fourth-order valence-corrected chi connectivity index (χ4v) is 2.16. The van der Waals surface area contributed by atoms with Crippen molar-refractivity contribution in [3.8, 4) is 0 Å². The highest BCUT2D eigenvalue weighted by molar-refractivity contribution is 8.00. The minimum atomic E-state index is -0.552. The smallest absolute Gasteiger partial charge is 0.240 e. The van der Waals surface area contributed by atoms with E-state index in [9.17, 15) is 14.4 Å². The van der Waals surface area contributed by atoms with Crippen molar-refractivity contribution in [2.24, 2.45) is 5.73 Å². The Hall–Kier alpha value is -0.880. The summed E-state index contributed by atoms with van der Waals surface area (Å²) >= 11 is 1.25. The molecule has 78 valence electrons. The second-order valence-electron chi connectivity index (χ2n) is 3.16. The van der Waals surface area contributed by atoms with Crippen LogP contribution in [0.2, 0.25) is 0 Å². The molecule has 5 nitrogen and oxygen atoms in total. The number of hydrogen-bond donors (Lipinski definition) is 2. The van der Waals surface area contributed by atoms with E-state index in [1.165, 1.54) is 18.7 Å². The molecule has 3 N–H and O–H groups in total. The van der Waals surface area contributed by atoms with Gasteiger partial charge in [-0.05, 0) is 6.92 Å². The number of ketones is 1. The van der Waals surface area contributed by atoms with Gasteiger partial charge in [0, 0.05) is 12.2 Å². The van der Waals surface area contributed by atoms with Crippen LogP contribution in [-0.4, -0.2) is 34.6 Å². The predicted octanol–water partition coefficient (Wildman–Crippen LogP) is -0.949. The SMILES string of the molecule is CC(=O)C(N)CSC1CC(=O)NC1=O. The molecule has 0 aliphatic carbocycles. The molecule has 0 aromatic heterocycles. The normalized spacial score (nSPS) is 23.4. The van der Waals surface area contributed by atoms with Gasteiger partial charge in [0.15, 0.2) is 0 Å². The van der Waals surface area contributed by atoms with Crippen molar-refractivity contribution in [3.63, 3.8) is 0 Å². The zero-order valence-corrected chi connectivity index (χ0v) is 8.60. The number of nitrogens with one attached hydrogen (secondary N) is 1. The van der Waals surface area contributed by atoms with Gasteiger partial charge in [0.2, 0.25) is 11.8 Å². The zero-order chi connectivity index (χ0) is 10.7. The third-order valence-electron chi connectivity index (χ3n) is 1.92. The Kier molecular flexibility index (Phi) is 3.65. The molecule has 2 unspecified atom stereocenters. The molecule has 1 aliphatic rings. The second kappa shape index (κ2) is 4.56. The number of thioether (sulfide) groups is 1. The number of amides is 2. The third-order valence-corrected chi connectivity index (χ3v) is 3.26. The molecule has 0 aromatic carbocycles. The van der Waals surface area contributed by atoms with Crippen LogP contribution < -0.4 is 11.1 Å². The predicted molar refractivity (Wildman–Crippen MR) is 52.7 cm³/mol. The summed E-state index contributed by atoms with van der Waals surface area (Å²) in [6.45, 7) is 1.41. The molecular weight excluding hydrogens is 204 g/mol. The van der Waals surface area contributed by atoms with Crippen molar-refractivity contribution >= 4 is 29.4 Å². The van der Waals surface area contributed by atoms with E-state index in [1.54, 1.807) is 0 Å². The Balaban J connectivity index is 2.35. The van der Waals surface area contributed by atoms with Gasteiger partial charge >= 0.3 is 0 Å². The maximum atomic E-state index is 11.1. The largest absolute Gasteiger partial charge is 0.321 e. The Bertz CT molecular complexity index is 280. The first kappa shape index (κ1) is 11.2. The third kappa shape index (κ3) is 2.81. The lowest BCUT2D eigenvalue weighted by molar-refractivity contribution is -0.124. The van der Waals surface area contributed by atoms with E-state index in [0.717, 1.165) is 0 Å². The molecule has 1 fully saturated rings. The van der Waals surface area contributed by atoms with Crippen LogP contribution in [0.3, 0.4) is 0 Å². The highest BCUT2D eigenvalue weighted by Gasteiger charge is 2.31. The Morgan fingerprint density at radius 1 is 1.71 bits per heavy atom. The summed E-state index contributed by atoms with van der Waals surface area (Å²) in [5, 5.41) is 1.81. The lowest BCUT2D eigenvalue weighted by Gasteiger charge is -2.09. The van der Waals surface area contributed by atoms with Crippen LogP contribution >= 0.6 is 11.8 Å².